The van der Waals surface area contributed by atoms with E-state index in [9.17, 15) is 4.21 Å². The lowest BCUT2D eigenvalue weighted by Crippen LogP contribution is -2.00. The van der Waals surface area contributed by atoms with Crippen LogP contribution in [-0.2, 0) is 16.6 Å². The van der Waals surface area contributed by atoms with E-state index < -0.39 is 10.8 Å². The predicted octanol–water partition coefficient (Wildman–Crippen LogP) is 3.50. The molecular weight excluding hydrogens is 254 g/mol. The third-order valence-electron chi connectivity index (χ3n) is 3.30. The van der Waals surface area contributed by atoms with Crippen molar-refractivity contribution in [1.82, 2.24) is 0 Å². The van der Waals surface area contributed by atoms with Crippen molar-refractivity contribution in [3.05, 3.63) is 58.7 Å². The van der Waals surface area contributed by atoms with Crippen molar-refractivity contribution in [3.63, 3.8) is 0 Å². The van der Waals surface area contributed by atoms with Crippen LogP contribution in [0.2, 0.25) is 0 Å². The summed E-state index contributed by atoms with van der Waals surface area (Å²) in [6.45, 7) is 6.05. The maximum Gasteiger partial charge on any atom is 0.0574 e. The monoisotopic (exact) mass is 273 g/mol. The minimum Gasteiger partial charge on any atom is -0.399 e. The van der Waals surface area contributed by atoms with Gasteiger partial charge in [-0.2, -0.15) is 0 Å². The molecule has 2 aromatic carbocycles. The van der Waals surface area contributed by atoms with Crippen LogP contribution in [0.1, 0.15) is 22.3 Å². The zero-order chi connectivity index (χ0) is 14.0. The van der Waals surface area contributed by atoms with Crippen molar-refractivity contribution < 1.29 is 4.21 Å². The topological polar surface area (TPSA) is 43.1 Å². The van der Waals surface area contributed by atoms with Crippen LogP contribution < -0.4 is 5.73 Å². The molecule has 0 radical (unpaired) electrons. The van der Waals surface area contributed by atoms with E-state index >= 15 is 0 Å². The van der Waals surface area contributed by atoms with Crippen LogP contribution in [0, 0.1) is 20.8 Å². The van der Waals surface area contributed by atoms with E-state index in [1.165, 1.54) is 11.1 Å². The summed E-state index contributed by atoms with van der Waals surface area (Å²) in [7, 11) is -1.03. The molecule has 0 fully saturated rings. The first-order valence-electron chi connectivity index (χ1n) is 6.28. The molecule has 0 heterocycles. The van der Waals surface area contributed by atoms with Crippen molar-refractivity contribution in [3.8, 4) is 0 Å². The Bertz CT molecular complexity index is 635. The van der Waals surface area contributed by atoms with Gasteiger partial charge in [0.2, 0.25) is 0 Å². The predicted molar refractivity (Wildman–Crippen MR) is 81.6 cm³/mol. The first-order valence-corrected chi connectivity index (χ1v) is 7.60. The van der Waals surface area contributed by atoms with Crippen LogP contribution in [0.4, 0.5) is 5.69 Å². The van der Waals surface area contributed by atoms with E-state index in [4.69, 9.17) is 5.73 Å². The van der Waals surface area contributed by atoms with Crippen molar-refractivity contribution in [2.24, 2.45) is 0 Å². The molecule has 19 heavy (non-hydrogen) atoms. The minimum atomic E-state index is -1.03. The highest BCUT2D eigenvalue weighted by Crippen LogP contribution is 2.20. The zero-order valence-corrected chi connectivity index (χ0v) is 12.4. The van der Waals surface area contributed by atoms with Gasteiger partial charge in [0.1, 0.15) is 0 Å². The lowest BCUT2D eigenvalue weighted by atomic mass is 10.1. The number of rotatable bonds is 3. The summed E-state index contributed by atoms with van der Waals surface area (Å²) < 4.78 is 12.4. The minimum absolute atomic E-state index is 0.552. The first kappa shape index (κ1) is 13.8. The van der Waals surface area contributed by atoms with E-state index in [2.05, 4.69) is 32.0 Å². The molecule has 1 unspecified atom stereocenters. The molecule has 0 spiro atoms. The second kappa shape index (κ2) is 5.57. The largest absolute Gasteiger partial charge is 0.399 e. The van der Waals surface area contributed by atoms with E-state index in [-0.39, 0.29) is 0 Å². The summed E-state index contributed by atoms with van der Waals surface area (Å²) in [6.07, 6.45) is 0. The van der Waals surface area contributed by atoms with Crippen molar-refractivity contribution in [2.75, 3.05) is 5.73 Å². The Morgan fingerprint density at radius 3 is 2.42 bits per heavy atom. The summed E-state index contributed by atoms with van der Waals surface area (Å²) >= 11 is 0. The fourth-order valence-electron chi connectivity index (χ4n) is 1.97. The normalized spacial score (nSPS) is 12.4. The van der Waals surface area contributed by atoms with Gasteiger partial charge in [0.25, 0.3) is 0 Å². The van der Waals surface area contributed by atoms with Crippen molar-refractivity contribution in [1.29, 1.82) is 0 Å². The molecule has 2 aromatic rings. The number of nitrogens with two attached hydrogens (primary N) is 1. The quantitative estimate of drug-likeness (QED) is 0.870. The number of hydrogen-bond donors (Lipinski definition) is 1. The van der Waals surface area contributed by atoms with Gasteiger partial charge < -0.3 is 5.73 Å². The SMILES string of the molecule is Cc1ccc(C)c(CS(=O)c2ccc(N)c(C)c2)c1. The summed E-state index contributed by atoms with van der Waals surface area (Å²) in [4.78, 5) is 0.840. The smallest absolute Gasteiger partial charge is 0.0574 e. The first-order chi connectivity index (χ1) is 8.97. The molecule has 0 aliphatic heterocycles. The number of anilines is 1. The number of benzene rings is 2. The Hall–Kier alpha value is -1.61. The Morgan fingerprint density at radius 2 is 1.74 bits per heavy atom. The lowest BCUT2D eigenvalue weighted by molar-refractivity contribution is 0.682. The molecule has 0 bridgehead atoms. The summed E-state index contributed by atoms with van der Waals surface area (Å²) in [5, 5.41) is 0. The van der Waals surface area contributed by atoms with Gasteiger partial charge in [0.15, 0.2) is 0 Å². The highest BCUT2D eigenvalue weighted by atomic mass is 32.2. The van der Waals surface area contributed by atoms with Crippen LogP contribution in [-0.4, -0.2) is 4.21 Å². The van der Waals surface area contributed by atoms with Gasteiger partial charge in [0, 0.05) is 10.6 Å². The van der Waals surface area contributed by atoms with Gasteiger partial charge in [-0.05, 0) is 55.7 Å². The molecule has 0 saturated carbocycles. The number of hydrogen-bond acceptors (Lipinski definition) is 2. The van der Waals surface area contributed by atoms with E-state index in [1.807, 2.05) is 25.1 Å². The van der Waals surface area contributed by atoms with Gasteiger partial charge in [-0.25, -0.2) is 0 Å². The molecule has 1 atom stereocenters. The molecular formula is C16H19NOS. The molecule has 0 saturated heterocycles. The second-order valence-electron chi connectivity index (χ2n) is 4.94. The maximum absolute atomic E-state index is 12.4. The van der Waals surface area contributed by atoms with Crippen LogP contribution in [0.15, 0.2) is 41.3 Å². The van der Waals surface area contributed by atoms with Crippen molar-refractivity contribution >= 4 is 16.5 Å². The molecule has 0 amide bonds. The highest BCUT2D eigenvalue weighted by Gasteiger charge is 2.08. The van der Waals surface area contributed by atoms with Gasteiger partial charge >= 0.3 is 0 Å². The molecule has 2 rings (SSSR count). The summed E-state index contributed by atoms with van der Waals surface area (Å²) in [6, 6.07) is 11.9. The summed E-state index contributed by atoms with van der Waals surface area (Å²) in [5.74, 6) is 0.552. The van der Waals surface area contributed by atoms with E-state index in [0.717, 1.165) is 21.7 Å². The Morgan fingerprint density at radius 1 is 1.00 bits per heavy atom. The van der Waals surface area contributed by atoms with Gasteiger partial charge in [-0.3, -0.25) is 4.21 Å². The molecule has 0 aromatic heterocycles. The number of aryl methyl sites for hydroxylation is 3. The fourth-order valence-corrected chi connectivity index (χ4v) is 3.26. The third-order valence-corrected chi connectivity index (χ3v) is 4.65. The molecule has 0 aliphatic rings. The average molecular weight is 273 g/mol. The molecule has 2 N–H and O–H groups in total. The van der Waals surface area contributed by atoms with Crippen LogP contribution >= 0.6 is 0 Å². The van der Waals surface area contributed by atoms with Crippen molar-refractivity contribution in [2.45, 2.75) is 31.4 Å². The van der Waals surface area contributed by atoms with Gasteiger partial charge in [-0.15, -0.1) is 0 Å². The van der Waals surface area contributed by atoms with Crippen LogP contribution in [0.3, 0.4) is 0 Å². The molecule has 2 nitrogen and oxygen atoms in total. The molecule has 100 valence electrons. The standard InChI is InChI=1S/C16H19NOS/c1-11-4-5-12(2)14(8-11)10-19(18)15-6-7-16(17)13(3)9-15/h4-9H,10,17H2,1-3H3. The average Bonchev–Trinajstić information content (AvgIpc) is 2.37. The summed E-state index contributed by atoms with van der Waals surface area (Å²) in [5.41, 5.74) is 11.0. The highest BCUT2D eigenvalue weighted by molar-refractivity contribution is 7.84. The van der Waals surface area contributed by atoms with E-state index in [1.54, 1.807) is 0 Å². The lowest BCUT2D eigenvalue weighted by Gasteiger charge is -2.08. The van der Waals surface area contributed by atoms with Gasteiger partial charge in [0.05, 0.1) is 16.6 Å². The van der Waals surface area contributed by atoms with Crippen LogP contribution in [0.25, 0.3) is 0 Å². The van der Waals surface area contributed by atoms with Gasteiger partial charge in [-0.1, -0.05) is 23.8 Å². The Balaban J connectivity index is 2.25. The third kappa shape index (κ3) is 3.24. The molecule has 0 aliphatic carbocycles. The zero-order valence-electron chi connectivity index (χ0n) is 11.6. The van der Waals surface area contributed by atoms with E-state index in [0.29, 0.717) is 5.75 Å². The fraction of sp³-hybridized carbons (Fsp3) is 0.250. The Kier molecular flexibility index (Phi) is 4.05. The number of nitrogen functional groups attached to an aromatic ring is 1. The van der Waals surface area contributed by atoms with Crippen LogP contribution in [0.5, 0.6) is 0 Å². The second-order valence-corrected chi connectivity index (χ2v) is 6.39. The Labute approximate surface area is 117 Å². The maximum atomic E-state index is 12.4. The molecule has 3 heteroatoms.